The number of carbonyl (C=O) groups excluding carboxylic acids is 2. The first-order valence-corrected chi connectivity index (χ1v) is 9.29. The Balaban J connectivity index is 1.60. The predicted octanol–water partition coefficient (Wildman–Crippen LogP) is 4.21. The number of hydrogen-bond acceptors (Lipinski definition) is 6. The maximum absolute atomic E-state index is 12.0. The molecule has 0 aliphatic rings. The maximum Gasteiger partial charge on any atom is 0.262 e. The highest BCUT2D eigenvalue weighted by Crippen LogP contribution is 2.29. The summed E-state index contributed by atoms with van der Waals surface area (Å²) >= 11 is 1.36. The lowest BCUT2D eigenvalue weighted by atomic mass is 10.2. The van der Waals surface area contributed by atoms with E-state index in [-0.39, 0.29) is 18.3 Å². The molecule has 7 heteroatoms. The fourth-order valence-corrected chi connectivity index (χ4v) is 3.52. The Kier molecular flexibility index (Phi) is 5.82. The van der Waals surface area contributed by atoms with Crippen molar-refractivity contribution < 1.29 is 14.3 Å². The number of aryl methyl sites for hydroxylation is 1. The predicted molar refractivity (Wildman–Crippen MR) is 108 cm³/mol. The first-order chi connectivity index (χ1) is 13.5. The number of aromatic nitrogens is 1. The zero-order chi connectivity index (χ0) is 20.1. The molecule has 0 aliphatic heterocycles. The smallest absolute Gasteiger partial charge is 0.262 e. The lowest BCUT2D eigenvalue weighted by molar-refractivity contribution is -0.118. The molecule has 28 heavy (non-hydrogen) atoms. The van der Waals surface area contributed by atoms with E-state index < -0.39 is 0 Å². The fourth-order valence-electron chi connectivity index (χ4n) is 2.55. The molecule has 0 fully saturated rings. The molecule has 2 aromatic carbocycles. The van der Waals surface area contributed by atoms with Crippen LogP contribution in [0.3, 0.4) is 0 Å². The third-order valence-corrected chi connectivity index (χ3v) is 5.17. The quantitative estimate of drug-likeness (QED) is 0.636. The average molecular weight is 391 g/mol. The summed E-state index contributed by atoms with van der Waals surface area (Å²) in [7, 11) is 0. The molecule has 3 rings (SSSR count). The van der Waals surface area contributed by atoms with Crippen LogP contribution >= 0.6 is 11.3 Å². The molecule has 0 bridgehead atoms. The number of nitrogens with zero attached hydrogens (tertiary/aromatic N) is 2. The van der Waals surface area contributed by atoms with Crippen molar-refractivity contribution in [3.8, 4) is 22.4 Å². The minimum absolute atomic E-state index is 0.00697. The number of anilines is 1. The number of benzene rings is 2. The molecule has 140 valence electrons. The summed E-state index contributed by atoms with van der Waals surface area (Å²) < 4.78 is 5.51. The molecule has 3 aromatic rings. The lowest BCUT2D eigenvalue weighted by Gasteiger charge is -2.08. The highest BCUT2D eigenvalue weighted by molar-refractivity contribution is 7.17. The maximum atomic E-state index is 12.0. The largest absolute Gasteiger partial charge is 0.484 e. The van der Waals surface area contributed by atoms with Crippen LogP contribution in [-0.2, 0) is 4.79 Å². The van der Waals surface area contributed by atoms with Crippen LogP contribution in [0.25, 0.3) is 10.6 Å². The van der Waals surface area contributed by atoms with E-state index in [2.05, 4.69) is 10.3 Å². The fraction of sp³-hybridized carbons (Fsp3) is 0.143. The number of amides is 1. The molecule has 0 saturated carbocycles. The van der Waals surface area contributed by atoms with Crippen LogP contribution in [0.4, 0.5) is 5.69 Å². The summed E-state index contributed by atoms with van der Waals surface area (Å²) in [5, 5.41) is 12.3. The second kappa shape index (κ2) is 8.46. The molecule has 1 heterocycles. The summed E-state index contributed by atoms with van der Waals surface area (Å²) in [5.74, 6) is 0.234. The van der Waals surface area contributed by atoms with Gasteiger partial charge in [0.2, 0.25) is 0 Å². The van der Waals surface area contributed by atoms with Gasteiger partial charge in [-0.05, 0) is 49.4 Å². The highest BCUT2D eigenvalue weighted by atomic mass is 32.1. The topological polar surface area (TPSA) is 92.1 Å². The van der Waals surface area contributed by atoms with Crippen LogP contribution in [0.2, 0.25) is 0 Å². The summed E-state index contributed by atoms with van der Waals surface area (Å²) in [5.41, 5.74) is 2.62. The summed E-state index contributed by atoms with van der Waals surface area (Å²) in [6, 6.07) is 15.9. The molecule has 0 spiro atoms. The van der Waals surface area contributed by atoms with Crippen LogP contribution in [0.5, 0.6) is 5.75 Å². The van der Waals surface area contributed by atoms with E-state index in [1.54, 1.807) is 36.4 Å². The number of hydrogen-bond donors (Lipinski definition) is 1. The molecule has 0 saturated heterocycles. The standard InChI is InChI=1S/C21H17N3O3S/c1-13-20(14(2)25)28-21(23-13)16-6-8-18(9-7-16)27-12-19(26)24-17-5-3-4-15(10-17)11-22/h3-10H,12H2,1-2H3,(H,24,26). The minimum atomic E-state index is -0.319. The molecule has 0 aliphatic carbocycles. The Morgan fingerprint density at radius 3 is 2.61 bits per heavy atom. The van der Waals surface area contributed by atoms with Crippen LogP contribution in [-0.4, -0.2) is 23.3 Å². The number of carbonyl (C=O) groups is 2. The summed E-state index contributed by atoms with van der Waals surface area (Å²) in [6.45, 7) is 3.20. The second-order valence-corrected chi connectivity index (χ2v) is 7.04. The number of thiazole rings is 1. The molecule has 0 unspecified atom stereocenters. The van der Waals surface area contributed by atoms with E-state index in [9.17, 15) is 9.59 Å². The number of nitriles is 1. The van der Waals surface area contributed by atoms with Crippen LogP contribution in [0.1, 0.15) is 27.9 Å². The minimum Gasteiger partial charge on any atom is -0.484 e. The van der Waals surface area contributed by atoms with Gasteiger partial charge < -0.3 is 10.1 Å². The molecular formula is C21H17N3O3S. The van der Waals surface area contributed by atoms with Gasteiger partial charge in [-0.15, -0.1) is 11.3 Å². The van der Waals surface area contributed by atoms with Gasteiger partial charge in [0, 0.05) is 18.2 Å². The highest BCUT2D eigenvalue weighted by Gasteiger charge is 2.13. The van der Waals surface area contributed by atoms with Crippen LogP contribution < -0.4 is 10.1 Å². The van der Waals surface area contributed by atoms with Gasteiger partial charge in [0.25, 0.3) is 5.91 Å². The Labute approximate surface area is 166 Å². The zero-order valence-corrected chi connectivity index (χ0v) is 16.2. The van der Waals surface area contributed by atoms with E-state index >= 15 is 0 Å². The van der Waals surface area contributed by atoms with Crippen molar-refractivity contribution in [2.75, 3.05) is 11.9 Å². The van der Waals surface area contributed by atoms with Crippen molar-refractivity contribution in [2.45, 2.75) is 13.8 Å². The van der Waals surface area contributed by atoms with Crippen molar-refractivity contribution in [3.63, 3.8) is 0 Å². The first kappa shape index (κ1) is 19.3. The van der Waals surface area contributed by atoms with Crippen LogP contribution in [0, 0.1) is 18.3 Å². The summed E-state index contributed by atoms with van der Waals surface area (Å²) in [4.78, 5) is 28.7. The monoisotopic (exact) mass is 391 g/mol. The van der Waals surface area contributed by atoms with E-state index in [1.165, 1.54) is 18.3 Å². The van der Waals surface area contributed by atoms with Crippen molar-refractivity contribution >= 4 is 28.7 Å². The van der Waals surface area contributed by atoms with Crippen molar-refractivity contribution in [1.29, 1.82) is 5.26 Å². The molecule has 0 radical (unpaired) electrons. The van der Waals surface area contributed by atoms with Gasteiger partial charge in [-0.1, -0.05) is 6.07 Å². The first-order valence-electron chi connectivity index (χ1n) is 8.48. The number of nitrogens with one attached hydrogen (secondary N) is 1. The van der Waals surface area contributed by atoms with Gasteiger partial charge >= 0.3 is 0 Å². The number of ketones is 1. The van der Waals surface area contributed by atoms with E-state index in [0.29, 0.717) is 21.9 Å². The van der Waals surface area contributed by atoms with E-state index in [0.717, 1.165) is 16.3 Å². The molecule has 1 aromatic heterocycles. The number of ether oxygens (including phenoxy) is 1. The lowest BCUT2D eigenvalue weighted by Crippen LogP contribution is -2.20. The van der Waals surface area contributed by atoms with Gasteiger partial charge in [0.15, 0.2) is 12.4 Å². The molecule has 6 nitrogen and oxygen atoms in total. The number of Topliss-reactive ketones (excluding diaryl/α,β-unsaturated/α-hetero) is 1. The third-order valence-electron chi connectivity index (χ3n) is 3.86. The van der Waals surface area contributed by atoms with Crippen molar-refractivity contribution in [2.24, 2.45) is 0 Å². The van der Waals surface area contributed by atoms with Gasteiger partial charge in [-0.2, -0.15) is 5.26 Å². The van der Waals surface area contributed by atoms with Gasteiger partial charge in [-0.25, -0.2) is 4.98 Å². The van der Waals surface area contributed by atoms with E-state index in [4.69, 9.17) is 10.00 Å². The molecule has 0 atom stereocenters. The average Bonchev–Trinajstić information content (AvgIpc) is 3.09. The van der Waals surface area contributed by atoms with Gasteiger partial charge in [0.05, 0.1) is 22.2 Å². The second-order valence-electron chi connectivity index (χ2n) is 6.04. The molecule has 1 N–H and O–H groups in total. The molecular weight excluding hydrogens is 374 g/mol. The third kappa shape index (κ3) is 4.61. The SMILES string of the molecule is CC(=O)c1sc(-c2ccc(OCC(=O)Nc3cccc(C#N)c3)cc2)nc1C. The van der Waals surface area contributed by atoms with Crippen molar-refractivity contribution in [3.05, 3.63) is 64.7 Å². The van der Waals surface area contributed by atoms with Crippen LogP contribution in [0.15, 0.2) is 48.5 Å². The Morgan fingerprint density at radius 2 is 1.96 bits per heavy atom. The summed E-state index contributed by atoms with van der Waals surface area (Å²) in [6.07, 6.45) is 0. The van der Waals surface area contributed by atoms with Gasteiger partial charge in [0.1, 0.15) is 10.8 Å². The van der Waals surface area contributed by atoms with Crippen molar-refractivity contribution in [1.82, 2.24) is 4.98 Å². The Hall–Kier alpha value is -3.50. The Morgan fingerprint density at radius 1 is 1.21 bits per heavy atom. The number of rotatable bonds is 6. The molecule has 1 amide bonds. The zero-order valence-electron chi connectivity index (χ0n) is 15.4. The Bertz CT molecular complexity index is 1070. The normalized spacial score (nSPS) is 10.2. The van der Waals surface area contributed by atoms with E-state index in [1.807, 2.05) is 25.1 Å². The van der Waals surface area contributed by atoms with Gasteiger partial charge in [-0.3, -0.25) is 9.59 Å².